The summed E-state index contributed by atoms with van der Waals surface area (Å²) in [6.07, 6.45) is 44.3. The van der Waals surface area contributed by atoms with Crippen LogP contribution in [0, 0.1) is 0 Å². The summed E-state index contributed by atoms with van der Waals surface area (Å²) in [5, 5.41) is 87.0. The van der Waals surface area contributed by atoms with Crippen molar-refractivity contribution in [1.29, 1.82) is 0 Å². The van der Waals surface area contributed by atoms with Crippen LogP contribution in [0.5, 0.6) is 0 Å². The molecule has 0 bridgehead atoms. The zero-order valence-corrected chi connectivity index (χ0v) is 45.3. The summed E-state index contributed by atoms with van der Waals surface area (Å²) < 4.78 is 22.7. The van der Waals surface area contributed by atoms with Gasteiger partial charge in [-0.25, -0.2) is 0 Å². The van der Waals surface area contributed by atoms with Gasteiger partial charge in [-0.15, -0.1) is 0 Å². The summed E-state index contributed by atoms with van der Waals surface area (Å²) in [5.74, 6) is -0.270. The van der Waals surface area contributed by atoms with Crippen LogP contribution in [-0.4, -0.2) is 140 Å². The lowest BCUT2D eigenvalue weighted by atomic mass is 9.97. The van der Waals surface area contributed by atoms with Crippen molar-refractivity contribution in [3.05, 3.63) is 97.2 Å². The lowest BCUT2D eigenvalue weighted by molar-refractivity contribution is -0.359. The maximum Gasteiger partial charge on any atom is 0.220 e. The molecule has 2 saturated heterocycles. The lowest BCUT2D eigenvalue weighted by Gasteiger charge is -2.46. The molecule has 14 nitrogen and oxygen atoms in total. The minimum absolute atomic E-state index is 0.251. The van der Waals surface area contributed by atoms with Gasteiger partial charge in [0, 0.05) is 6.42 Å². The number of carbonyl (C=O) groups excluding carboxylic acids is 1. The van der Waals surface area contributed by atoms with Crippen molar-refractivity contribution in [2.75, 3.05) is 19.8 Å². The average Bonchev–Trinajstić information content (AvgIpc) is 3.40. The predicted octanol–water partition coefficient (Wildman–Crippen LogP) is 9.10. The van der Waals surface area contributed by atoms with Gasteiger partial charge in [0.1, 0.15) is 48.8 Å². The Balaban J connectivity index is 1.82. The van der Waals surface area contributed by atoms with Crippen LogP contribution in [0.3, 0.4) is 0 Å². The van der Waals surface area contributed by atoms with Crippen LogP contribution in [0.1, 0.15) is 181 Å². The third kappa shape index (κ3) is 30.6. The van der Waals surface area contributed by atoms with Gasteiger partial charge in [0.05, 0.1) is 32.0 Å². The molecule has 2 fully saturated rings. The molecule has 1 amide bonds. The molecule has 2 rings (SSSR count). The summed E-state index contributed by atoms with van der Waals surface area (Å²) >= 11 is 0. The molecular formula is C60H101NO13. The number of unbranched alkanes of at least 4 members (excludes halogenated alkanes) is 16. The molecule has 0 aromatic carbocycles. The highest BCUT2D eigenvalue weighted by atomic mass is 16.7. The normalized spacial score (nSPS) is 26.0. The molecule has 0 radical (unpaired) electrons. The number of aliphatic hydroxyl groups is 8. The predicted molar refractivity (Wildman–Crippen MR) is 295 cm³/mol. The molecule has 9 N–H and O–H groups in total. The molecule has 12 unspecified atom stereocenters. The van der Waals surface area contributed by atoms with Gasteiger partial charge < -0.3 is 65.1 Å². The largest absolute Gasteiger partial charge is 0.394 e. The van der Waals surface area contributed by atoms with Crippen LogP contribution in [0.25, 0.3) is 0 Å². The number of carbonyl (C=O) groups is 1. The number of allylic oxidation sites excluding steroid dienone is 15. The molecule has 2 aliphatic heterocycles. The van der Waals surface area contributed by atoms with Crippen LogP contribution < -0.4 is 5.32 Å². The Morgan fingerprint density at radius 2 is 0.946 bits per heavy atom. The quantitative estimate of drug-likeness (QED) is 0.0205. The smallest absolute Gasteiger partial charge is 0.220 e. The minimum Gasteiger partial charge on any atom is -0.394 e. The van der Waals surface area contributed by atoms with Gasteiger partial charge in [0.25, 0.3) is 0 Å². The maximum atomic E-state index is 13.2. The van der Waals surface area contributed by atoms with Crippen LogP contribution in [-0.2, 0) is 23.7 Å². The molecule has 2 heterocycles. The van der Waals surface area contributed by atoms with Crippen molar-refractivity contribution in [2.45, 2.75) is 254 Å². The molecule has 74 heavy (non-hydrogen) atoms. The highest BCUT2D eigenvalue weighted by Gasteiger charge is 2.51. The molecule has 0 aliphatic carbocycles. The second-order valence-electron chi connectivity index (χ2n) is 19.7. The van der Waals surface area contributed by atoms with Crippen molar-refractivity contribution in [2.24, 2.45) is 0 Å². The number of amides is 1. The summed E-state index contributed by atoms with van der Waals surface area (Å²) in [6.45, 7) is 2.62. The Bertz CT molecular complexity index is 1610. The third-order valence-electron chi connectivity index (χ3n) is 13.2. The summed E-state index contributed by atoms with van der Waals surface area (Å²) in [7, 11) is 0. The molecular weight excluding hydrogens is 943 g/mol. The van der Waals surface area contributed by atoms with E-state index in [-0.39, 0.29) is 18.9 Å². The SMILES string of the molecule is CC/C=C\C/C=C\C/C=C\C/C=C\C/C=C\CCCCCCCCCC(=O)NC(COC1OC(CO)C(OC2OC(CO)C(O)C(O)C2O)C(O)C1O)C(O)/C=C/CC/C=C/CC/C=C/CCCCCCCCC. The van der Waals surface area contributed by atoms with Crippen LogP contribution >= 0.6 is 0 Å². The van der Waals surface area contributed by atoms with E-state index in [4.69, 9.17) is 18.9 Å². The van der Waals surface area contributed by atoms with Crippen molar-refractivity contribution >= 4 is 5.91 Å². The fourth-order valence-corrected chi connectivity index (χ4v) is 8.64. The molecule has 424 valence electrons. The topological polar surface area (TPSA) is 228 Å². The van der Waals surface area contributed by atoms with E-state index in [9.17, 15) is 45.6 Å². The Labute approximate surface area is 445 Å². The van der Waals surface area contributed by atoms with Gasteiger partial charge in [-0.3, -0.25) is 4.79 Å². The van der Waals surface area contributed by atoms with Gasteiger partial charge >= 0.3 is 0 Å². The highest BCUT2D eigenvalue weighted by Crippen LogP contribution is 2.30. The van der Waals surface area contributed by atoms with Crippen LogP contribution in [0.15, 0.2) is 97.2 Å². The van der Waals surface area contributed by atoms with Crippen molar-refractivity contribution in [3.63, 3.8) is 0 Å². The van der Waals surface area contributed by atoms with E-state index in [0.717, 1.165) is 103 Å². The number of hydrogen-bond donors (Lipinski definition) is 9. The van der Waals surface area contributed by atoms with Gasteiger partial charge in [-0.05, 0) is 89.9 Å². The average molecular weight is 1040 g/mol. The number of rotatable bonds is 43. The molecule has 0 saturated carbocycles. The molecule has 0 aromatic heterocycles. The summed E-state index contributed by atoms with van der Waals surface area (Å²) in [6, 6.07) is -0.950. The molecule has 0 spiro atoms. The summed E-state index contributed by atoms with van der Waals surface area (Å²) in [4.78, 5) is 13.2. The Hall–Kier alpha value is -3.09. The first-order valence-corrected chi connectivity index (χ1v) is 28.5. The van der Waals surface area contributed by atoms with E-state index in [2.05, 4.69) is 104 Å². The highest BCUT2D eigenvalue weighted by molar-refractivity contribution is 5.76. The second kappa shape index (κ2) is 45.0. The Kier molecular flexibility index (Phi) is 40.7. The first kappa shape index (κ1) is 67.0. The Morgan fingerprint density at radius 1 is 0.500 bits per heavy atom. The minimum atomic E-state index is -1.80. The van der Waals surface area contributed by atoms with E-state index in [1.165, 1.54) is 44.9 Å². The fraction of sp³-hybridized carbons (Fsp3) is 0.717. The standard InChI is InChI=1S/C60H101NO13/c1-3-5-7-9-11-13-15-17-19-21-22-23-24-25-26-28-30-32-34-36-38-40-42-44-52(65)61-48(49(64)43-41-39-37-35-33-31-29-27-20-18-16-14-12-10-8-6-4-2)47-71-59-57(70)55(68)58(51(46-63)73-59)74-60-56(69)54(67)53(66)50(45-62)72-60/h5,7,11,13,17,19-20,22-23,25-27,33,35,41,43,48-51,53-60,62-64,66-70H,3-4,6,8-10,12,14-16,18,21,24,28-32,34,36-40,42,44-47H2,1-2H3,(H,61,65)/b7-5-,13-11-,19-17-,23-22-,26-25-,27-20+,35-33+,43-41+. The molecule has 2 aliphatic rings. The maximum absolute atomic E-state index is 13.2. The number of nitrogens with one attached hydrogen (secondary N) is 1. The van der Waals surface area contributed by atoms with Crippen LogP contribution in [0.4, 0.5) is 0 Å². The molecule has 12 atom stereocenters. The fourth-order valence-electron chi connectivity index (χ4n) is 8.64. The van der Waals surface area contributed by atoms with Crippen molar-refractivity contribution in [3.8, 4) is 0 Å². The van der Waals surface area contributed by atoms with E-state index in [0.29, 0.717) is 12.8 Å². The van der Waals surface area contributed by atoms with Crippen molar-refractivity contribution < 1.29 is 64.6 Å². The Morgan fingerprint density at radius 3 is 1.49 bits per heavy atom. The zero-order chi connectivity index (χ0) is 53.9. The van der Waals surface area contributed by atoms with E-state index in [1.54, 1.807) is 6.08 Å². The third-order valence-corrected chi connectivity index (χ3v) is 13.2. The van der Waals surface area contributed by atoms with E-state index < -0.39 is 86.8 Å². The van der Waals surface area contributed by atoms with Gasteiger partial charge in [0.2, 0.25) is 5.91 Å². The summed E-state index contributed by atoms with van der Waals surface area (Å²) in [5.41, 5.74) is 0. The zero-order valence-electron chi connectivity index (χ0n) is 45.3. The van der Waals surface area contributed by atoms with Crippen LogP contribution in [0.2, 0.25) is 0 Å². The van der Waals surface area contributed by atoms with Gasteiger partial charge in [0.15, 0.2) is 12.6 Å². The molecule has 0 aromatic rings. The lowest BCUT2D eigenvalue weighted by Crippen LogP contribution is -2.65. The second-order valence-corrected chi connectivity index (χ2v) is 19.7. The first-order chi connectivity index (χ1) is 36.1. The monoisotopic (exact) mass is 1040 g/mol. The number of ether oxygens (including phenoxy) is 4. The molecule has 14 heteroatoms. The van der Waals surface area contributed by atoms with Gasteiger partial charge in [-0.2, -0.15) is 0 Å². The van der Waals surface area contributed by atoms with Gasteiger partial charge in [-0.1, -0.05) is 182 Å². The first-order valence-electron chi connectivity index (χ1n) is 28.5. The van der Waals surface area contributed by atoms with E-state index >= 15 is 0 Å². The number of hydrogen-bond acceptors (Lipinski definition) is 13. The van der Waals surface area contributed by atoms with Crippen molar-refractivity contribution in [1.82, 2.24) is 5.32 Å². The number of aliphatic hydroxyl groups excluding tert-OH is 8. The van der Waals surface area contributed by atoms with E-state index in [1.807, 2.05) is 6.08 Å².